The summed E-state index contributed by atoms with van der Waals surface area (Å²) in [5.74, 6) is 0.303. The van der Waals surface area contributed by atoms with Crippen molar-refractivity contribution in [3.63, 3.8) is 0 Å². The Kier molecular flexibility index (Phi) is 4.43. The Hall–Kier alpha value is -3.09. The highest BCUT2D eigenvalue weighted by Crippen LogP contribution is 2.29. The van der Waals surface area contributed by atoms with E-state index >= 15 is 0 Å². The lowest BCUT2D eigenvalue weighted by Gasteiger charge is -2.26. The number of aryl methyl sites for hydroxylation is 1. The fourth-order valence-electron chi connectivity index (χ4n) is 3.30. The van der Waals surface area contributed by atoms with Crippen molar-refractivity contribution in [2.45, 2.75) is 38.1 Å². The van der Waals surface area contributed by atoms with Gasteiger partial charge in [-0.05, 0) is 19.3 Å². The normalized spacial score (nSPS) is 19.2. The third-order valence-corrected chi connectivity index (χ3v) is 4.69. The molecule has 132 valence electrons. The van der Waals surface area contributed by atoms with Gasteiger partial charge in [0.1, 0.15) is 5.71 Å². The van der Waals surface area contributed by atoms with Gasteiger partial charge < -0.3 is 5.32 Å². The number of rotatable bonds is 3. The lowest BCUT2D eigenvalue weighted by atomic mass is 9.92. The molecule has 7 heteroatoms. The molecule has 2 aliphatic rings. The summed E-state index contributed by atoms with van der Waals surface area (Å²) in [6, 6.07) is 9.73. The summed E-state index contributed by atoms with van der Waals surface area (Å²) in [5.41, 5.74) is 5.64. The Bertz CT molecular complexity index is 879. The van der Waals surface area contributed by atoms with Crippen LogP contribution in [0.1, 0.15) is 43.0 Å². The molecule has 0 spiro atoms. The number of hydrogen-bond donors (Lipinski definition) is 2. The molecule has 1 aliphatic heterocycles. The summed E-state index contributed by atoms with van der Waals surface area (Å²) in [6.07, 6.45) is 5.14. The van der Waals surface area contributed by atoms with E-state index in [0.29, 0.717) is 18.0 Å². The number of hydrogen-bond acceptors (Lipinski definition) is 5. The number of nitrogens with one attached hydrogen (secondary N) is 2. The number of nitrogens with zero attached hydrogens (tertiary/aromatic N) is 3. The first-order valence-electron chi connectivity index (χ1n) is 8.78. The lowest BCUT2D eigenvalue weighted by Crippen LogP contribution is -2.39. The topological polar surface area (TPSA) is 96.3 Å². The zero-order valence-electron chi connectivity index (χ0n) is 14.2. The summed E-state index contributed by atoms with van der Waals surface area (Å²) in [4.78, 5) is 32.8. The molecule has 0 bridgehead atoms. The van der Waals surface area contributed by atoms with Gasteiger partial charge in [0.2, 0.25) is 5.91 Å². The largest absolute Gasteiger partial charge is 0.344 e. The van der Waals surface area contributed by atoms with Gasteiger partial charge in [-0.25, -0.2) is 15.4 Å². The number of benzene rings is 1. The van der Waals surface area contributed by atoms with Gasteiger partial charge in [0.25, 0.3) is 5.91 Å². The van der Waals surface area contributed by atoms with Gasteiger partial charge >= 0.3 is 0 Å². The highest BCUT2D eigenvalue weighted by molar-refractivity contribution is 6.39. The van der Waals surface area contributed by atoms with Gasteiger partial charge in [0.15, 0.2) is 5.82 Å². The summed E-state index contributed by atoms with van der Waals surface area (Å²) < 4.78 is 0. The fourth-order valence-corrected chi connectivity index (χ4v) is 3.30. The maximum Gasteiger partial charge on any atom is 0.267 e. The van der Waals surface area contributed by atoms with Crippen LogP contribution in [0, 0.1) is 0 Å². The Labute approximate surface area is 150 Å². The van der Waals surface area contributed by atoms with Crippen LogP contribution in [0.15, 0.2) is 41.6 Å². The number of carbonyl (C=O) groups excluding carboxylic acids is 2. The molecular weight excluding hydrogens is 330 g/mol. The second-order valence-corrected chi connectivity index (χ2v) is 6.47. The minimum Gasteiger partial charge on any atom is -0.344 e. The first-order chi connectivity index (χ1) is 12.7. The molecule has 2 aromatic rings. The number of fused-ring (bicyclic) bond motifs is 1. The molecule has 0 radical (unpaired) electrons. The number of carbonyl (C=O) groups is 2. The van der Waals surface area contributed by atoms with Crippen molar-refractivity contribution in [3.05, 3.63) is 47.8 Å². The average Bonchev–Trinajstić information content (AvgIpc) is 2.69. The van der Waals surface area contributed by atoms with Crippen LogP contribution in [0.4, 0.5) is 0 Å². The number of aromatic nitrogens is 2. The number of amides is 2. The van der Waals surface area contributed by atoms with Crippen LogP contribution >= 0.6 is 0 Å². The fraction of sp³-hybridized carbons (Fsp3) is 0.316. The summed E-state index contributed by atoms with van der Waals surface area (Å²) in [5, 5.41) is 6.88. The van der Waals surface area contributed by atoms with Gasteiger partial charge in [-0.3, -0.25) is 9.59 Å². The van der Waals surface area contributed by atoms with Crippen molar-refractivity contribution in [3.8, 4) is 11.4 Å². The summed E-state index contributed by atoms with van der Waals surface area (Å²) >= 11 is 0. The zero-order chi connectivity index (χ0) is 17.9. The van der Waals surface area contributed by atoms with Gasteiger partial charge in [-0.2, -0.15) is 5.10 Å². The Morgan fingerprint density at radius 2 is 2.00 bits per heavy atom. The summed E-state index contributed by atoms with van der Waals surface area (Å²) in [6.45, 7) is 0. The minimum atomic E-state index is -0.241. The second kappa shape index (κ2) is 7.03. The lowest BCUT2D eigenvalue weighted by molar-refractivity contribution is -0.121. The van der Waals surface area contributed by atoms with Crippen LogP contribution in [0.5, 0.6) is 0 Å². The van der Waals surface area contributed by atoms with Gasteiger partial charge in [-0.1, -0.05) is 30.3 Å². The van der Waals surface area contributed by atoms with E-state index in [1.165, 1.54) is 0 Å². The molecule has 2 amide bonds. The predicted octanol–water partition coefficient (Wildman–Crippen LogP) is 1.90. The van der Waals surface area contributed by atoms with E-state index in [4.69, 9.17) is 4.98 Å². The van der Waals surface area contributed by atoms with Crippen LogP contribution in [0.2, 0.25) is 0 Å². The Morgan fingerprint density at radius 1 is 1.15 bits per heavy atom. The van der Waals surface area contributed by atoms with Crippen LogP contribution < -0.4 is 10.7 Å². The van der Waals surface area contributed by atoms with Crippen LogP contribution in [0.25, 0.3) is 11.4 Å². The maximum atomic E-state index is 12.4. The molecule has 1 aromatic heterocycles. The highest BCUT2D eigenvalue weighted by atomic mass is 16.2. The molecule has 0 saturated carbocycles. The van der Waals surface area contributed by atoms with Crippen molar-refractivity contribution in [2.24, 2.45) is 5.10 Å². The molecule has 7 nitrogen and oxygen atoms in total. The van der Waals surface area contributed by atoms with Gasteiger partial charge in [0.05, 0.1) is 6.04 Å². The summed E-state index contributed by atoms with van der Waals surface area (Å²) in [7, 11) is 0. The molecule has 0 saturated heterocycles. The second-order valence-electron chi connectivity index (χ2n) is 6.47. The van der Waals surface area contributed by atoms with E-state index in [9.17, 15) is 9.59 Å². The third kappa shape index (κ3) is 3.33. The van der Waals surface area contributed by atoms with Crippen LogP contribution in [-0.2, 0) is 16.0 Å². The van der Waals surface area contributed by atoms with E-state index in [0.717, 1.165) is 36.1 Å². The van der Waals surface area contributed by atoms with Crippen molar-refractivity contribution < 1.29 is 9.59 Å². The number of hydrazone groups is 1. The van der Waals surface area contributed by atoms with E-state index in [1.807, 2.05) is 36.5 Å². The minimum absolute atomic E-state index is 0.128. The molecule has 2 N–H and O–H groups in total. The molecule has 1 aromatic carbocycles. The van der Waals surface area contributed by atoms with Gasteiger partial charge in [0, 0.05) is 35.9 Å². The van der Waals surface area contributed by atoms with Crippen molar-refractivity contribution in [2.75, 3.05) is 0 Å². The van der Waals surface area contributed by atoms with E-state index in [1.54, 1.807) is 0 Å². The van der Waals surface area contributed by atoms with Crippen LogP contribution in [-0.4, -0.2) is 27.5 Å². The average molecular weight is 349 g/mol. The zero-order valence-corrected chi connectivity index (χ0v) is 14.2. The van der Waals surface area contributed by atoms with E-state index < -0.39 is 0 Å². The molecule has 26 heavy (non-hydrogen) atoms. The first kappa shape index (κ1) is 16.4. The predicted molar refractivity (Wildman–Crippen MR) is 96.1 cm³/mol. The molecular formula is C19H19N5O2. The van der Waals surface area contributed by atoms with Gasteiger partial charge in [-0.15, -0.1) is 0 Å². The van der Waals surface area contributed by atoms with E-state index in [2.05, 4.69) is 20.8 Å². The Morgan fingerprint density at radius 3 is 2.77 bits per heavy atom. The molecule has 4 rings (SSSR count). The highest BCUT2D eigenvalue weighted by Gasteiger charge is 2.26. The van der Waals surface area contributed by atoms with Crippen molar-refractivity contribution in [1.82, 2.24) is 20.7 Å². The van der Waals surface area contributed by atoms with E-state index in [-0.39, 0.29) is 24.3 Å². The standard InChI is InChI=1S/C19H19N5O2/c25-17-10-9-16(23-24-17)19(26)22-15-8-4-7-14-13(15)11-20-18(21-14)12-5-2-1-3-6-12/h1-3,5-6,11,15H,4,7-10H2,(H,22,26)(H,24,25). The van der Waals surface area contributed by atoms with Crippen molar-refractivity contribution >= 4 is 17.5 Å². The molecule has 1 aliphatic carbocycles. The maximum absolute atomic E-state index is 12.4. The molecule has 1 unspecified atom stereocenters. The smallest absolute Gasteiger partial charge is 0.267 e. The molecule has 0 fully saturated rings. The SMILES string of the molecule is O=C1CCC(C(=O)NC2CCCc3nc(-c4ccccc4)ncc32)=NN1. The molecule has 1 atom stereocenters. The van der Waals surface area contributed by atoms with Crippen molar-refractivity contribution in [1.29, 1.82) is 0 Å². The quantitative estimate of drug-likeness (QED) is 0.884. The van der Waals surface area contributed by atoms with Crippen LogP contribution in [0.3, 0.4) is 0 Å². The Balaban J connectivity index is 1.54. The third-order valence-electron chi connectivity index (χ3n) is 4.69. The molecule has 2 heterocycles. The first-order valence-corrected chi connectivity index (χ1v) is 8.78. The monoisotopic (exact) mass is 349 g/mol.